The molecule has 1 fully saturated rings. The summed E-state index contributed by atoms with van der Waals surface area (Å²) in [7, 11) is -0.666. The van der Waals surface area contributed by atoms with Gasteiger partial charge < -0.3 is 19.1 Å². The van der Waals surface area contributed by atoms with Crippen molar-refractivity contribution in [2.75, 3.05) is 27.3 Å². The molecule has 0 amide bonds. The highest BCUT2D eigenvalue weighted by Gasteiger charge is 2.35. The predicted octanol–water partition coefficient (Wildman–Crippen LogP) is 2.47. The number of hydrogen-bond donors (Lipinski definition) is 0. The number of piperidine rings is 1. The molecule has 0 unspecified atom stereocenters. The number of amidine groups is 1. The molecule has 0 spiro atoms. The second-order valence-electron chi connectivity index (χ2n) is 7.06. The molecule has 2 aliphatic heterocycles. The van der Waals surface area contributed by atoms with Gasteiger partial charge in [0.15, 0.2) is 17.3 Å². The fourth-order valence-corrected chi connectivity index (χ4v) is 4.97. The first-order valence-corrected chi connectivity index (χ1v) is 11.0. The third-order valence-corrected chi connectivity index (χ3v) is 6.65. The number of methoxy groups -OCH3 is 2. The summed E-state index contributed by atoms with van der Waals surface area (Å²) in [5.41, 5.74) is 0.609. The molecule has 0 radical (unpaired) electrons. The van der Waals surface area contributed by atoms with E-state index in [-0.39, 0.29) is 22.5 Å². The van der Waals surface area contributed by atoms with Crippen LogP contribution < -0.4 is 14.2 Å². The zero-order valence-corrected chi connectivity index (χ0v) is 17.5. The van der Waals surface area contributed by atoms with Crippen molar-refractivity contribution in [1.29, 1.82) is 0 Å². The third-order valence-electron chi connectivity index (χ3n) is 5.33. The summed E-state index contributed by atoms with van der Waals surface area (Å²) in [6, 6.07) is 11.9. The number of hydrogen-bond acceptors (Lipinski definition) is 7. The van der Waals surface area contributed by atoms with Crippen LogP contribution in [0.5, 0.6) is 17.2 Å². The molecular formula is C21H22N2O6S. The highest BCUT2D eigenvalue weighted by atomic mass is 32.2. The highest BCUT2D eigenvalue weighted by molar-refractivity contribution is 7.90. The fraction of sp³-hybridized carbons (Fsp3) is 0.333. The molecule has 4 rings (SSSR count). The fourth-order valence-electron chi connectivity index (χ4n) is 3.75. The number of fused-ring (bicyclic) bond motifs is 1. The Balaban J connectivity index is 1.46. The van der Waals surface area contributed by atoms with Gasteiger partial charge in [-0.1, -0.05) is 18.2 Å². The maximum atomic E-state index is 12.8. The Kier molecular flexibility index (Phi) is 5.38. The predicted molar refractivity (Wildman–Crippen MR) is 110 cm³/mol. The summed E-state index contributed by atoms with van der Waals surface area (Å²) in [4.78, 5) is 14.9. The molecule has 1 saturated heterocycles. The molecule has 0 aliphatic carbocycles. The van der Waals surface area contributed by atoms with Crippen molar-refractivity contribution in [3.05, 3.63) is 48.0 Å². The molecule has 0 atom stereocenters. The first-order valence-electron chi connectivity index (χ1n) is 9.56. The molecule has 2 heterocycles. The number of esters is 1. The molecule has 2 aliphatic rings. The Bertz CT molecular complexity index is 1080. The highest BCUT2D eigenvalue weighted by Crippen LogP contribution is 2.38. The molecule has 0 aromatic heterocycles. The number of nitrogens with zero attached hydrogens (tertiary/aromatic N) is 2. The van der Waals surface area contributed by atoms with Gasteiger partial charge in [0.25, 0.3) is 10.0 Å². The molecule has 2 aromatic rings. The Hall–Kier alpha value is -3.07. The Morgan fingerprint density at radius 2 is 1.63 bits per heavy atom. The molecule has 0 N–H and O–H groups in total. The first kappa shape index (κ1) is 20.2. The SMILES string of the molecule is COc1cccc(OC)c1OC(=O)C1CCN(C2=NS(=O)(=O)c3ccccc32)CC1. The average molecular weight is 430 g/mol. The van der Waals surface area contributed by atoms with Gasteiger partial charge >= 0.3 is 5.97 Å². The number of carbonyl (C=O) groups is 1. The standard InChI is InChI=1S/C21H22N2O6S/c1-27-16-7-5-8-17(28-2)19(16)29-21(24)14-10-12-23(13-11-14)20-15-6-3-4-9-18(15)30(25,26)22-20/h3-9,14H,10-13H2,1-2H3. The summed E-state index contributed by atoms with van der Waals surface area (Å²) >= 11 is 0. The van der Waals surface area contributed by atoms with Crippen LogP contribution in [0.2, 0.25) is 0 Å². The van der Waals surface area contributed by atoms with Crippen LogP contribution in [-0.2, 0) is 14.8 Å². The number of sulfonamides is 1. The van der Waals surface area contributed by atoms with Gasteiger partial charge in [-0.3, -0.25) is 4.79 Å². The van der Waals surface area contributed by atoms with E-state index in [9.17, 15) is 13.2 Å². The van der Waals surface area contributed by atoms with Crippen LogP contribution in [0.1, 0.15) is 18.4 Å². The summed E-state index contributed by atoms with van der Waals surface area (Å²) in [5, 5.41) is 0. The minimum Gasteiger partial charge on any atom is -0.493 e. The van der Waals surface area contributed by atoms with Gasteiger partial charge in [0, 0.05) is 18.7 Å². The van der Waals surface area contributed by atoms with E-state index in [1.165, 1.54) is 14.2 Å². The lowest BCUT2D eigenvalue weighted by Crippen LogP contribution is -2.41. The van der Waals surface area contributed by atoms with E-state index >= 15 is 0 Å². The normalized spacial score (nSPS) is 17.8. The smallest absolute Gasteiger partial charge is 0.314 e. The lowest BCUT2D eigenvalue weighted by atomic mass is 9.96. The van der Waals surface area contributed by atoms with Crippen LogP contribution in [0.3, 0.4) is 0 Å². The number of para-hydroxylation sites is 1. The quantitative estimate of drug-likeness (QED) is 0.543. The van der Waals surface area contributed by atoms with Crippen molar-refractivity contribution in [1.82, 2.24) is 4.90 Å². The zero-order valence-electron chi connectivity index (χ0n) is 16.7. The van der Waals surface area contributed by atoms with E-state index in [4.69, 9.17) is 14.2 Å². The second-order valence-corrected chi connectivity index (χ2v) is 8.63. The molecule has 9 heteroatoms. The van der Waals surface area contributed by atoms with Crippen LogP contribution in [-0.4, -0.2) is 52.4 Å². The van der Waals surface area contributed by atoms with Gasteiger partial charge in [-0.05, 0) is 37.1 Å². The summed E-state index contributed by atoms with van der Waals surface area (Å²) in [6.45, 7) is 1.01. The van der Waals surface area contributed by atoms with Crippen LogP contribution in [0.4, 0.5) is 0 Å². The first-order chi connectivity index (χ1) is 14.4. The van der Waals surface area contributed by atoms with E-state index < -0.39 is 10.0 Å². The minimum absolute atomic E-state index is 0.227. The number of carbonyl (C=O) groups excluding carboxylic acids is 1. The zero-order chi connectivity index (χ0) is 21.3. The molecule has 0 saturated carbocycles. The van der Waals surface area contributed by atoms with E-state index in [1.54, 1.807) is 42.5 Å². The number of rotatable bonds is 4. The minimum atomic E-state index is -3.66. The summed E-state index contributed by atoms with van der Waals surface area (Å²) < 4.78 is 44.7. The van der Waals surface area contributed by atoms with Crippen LogP contribution in [0, 0.1) is 5.92 Å². The summed E-state index contributed by atoms with van der Waals surface area (Å²) in [5.74, 6) is 0.868. The van der Waals surface area contributed by atoms with Gasteiger partial charge in [0.1, 0.15) is 4.90 Å². The molecule has 30 heavy (non-hydrogen) atoms. The average Bonchev–Trinajstić information content (AvgIpc) is 3.05. The molecule has 0 bridgehead atoms. The lowest BCUT2D eigenvalue weighted by Gasteiger charge is -2.32. The van der Waals surface area contributed by atoms with Crippen molar-refractivity contribution < 1.29 is 27.4 Å². The van der Waals surface area contributed by atoms with Gasteiger partial charge in [0.05, 0.1) is 20.1 Å². The number of likely N-dealkylation sites (tertiary alicyclic amines) is 1. The Morgan fingerprint density at radius 3 is 2.27 bits per heavy atom. The van der Waals surface area contributed by atoms with Crippen LogP contribution in [0.15, 0.2) is 51.8 Å². The topological polar surface area (TPSA) is 94.5 Å². The lowest BCUT2D eigenvalue weighted by molar-refractivity contribution is -0.140. The van der Waals surface area contributed by atoms with Gasteiger partial charge in [-0.15, -0.1) is 4.40 Å². The Morgan fingerprint density at radius 1 is 1.00 bits per heavy atom. The van der Waals surface area contributed by atoms with Crippen molar-refractivity contribution in [3.8, 4) is 17.2 Å². The van der Waals surface area contributed by atoms with Crippen molar-refractivity contribution in [3.63, 3.8) is 0 Å². The third kappa shape index (κ3) is 3.60. The van der Waals surface area contributed by atoms with Gasteiger partial charge in [-0.25, -0.2) is 0 Å². The maximum Gasteiger partial charge on any atom is 0.314 e. The van der Waals surface area contributed by atoms with E-state index in [2.05, 4.69) is 4.40 Å². The molecule has 2 aromatic carbocycles. The number of benzene rings is 2. The largest absolute Gasteiger partial charge is 0.493 e. The second kappa shape index (κ2) is 7.98. The van der Waals surface area contributed by atoms with E-state index in [0.29, 0.717) is 48.8 Å². The van der Waals surface area contributed by atoms with E-state index in [1.807, 2.05) is 4.90 Å². The summed E-state index contributed by atoms with van der Waals surface area (Å²) in [6.07, 6.45) is 1.05. The van der Waals surface area contributed by atoms with Crippen LogP contribution >= 0.6 is 0 Å². The molecular weight excluding hydrogens is 408 g/mol. The van der Waals surface area contributed by atoms with Crippen molar-refractivity contribution in [2.45, 2.75) is 17.7 Å². The van der Waals surface area contributed by atoms with Gasteiger partial charge in [0.2, 0.25) is 5.75 Å². The van der Waals surface area contributed by atoms with Crippen LogP contribution in [0.25, 0.3) is 0 Å². The van der Waals surface area contributed by atoms with E-state index in [0.717, 1.165) is 0 Å². The van der Waals surface area contributed by atoms with Gasteiger partial charge in [-0.2, -0.15) is 8.42 Å². The molecule has 158 valence electrons. The van der Waals surface area contributed by atoms with Crippen molar-refractivity contribution in [2.24, 2.45) is 10.3 Å². The monoisotopic (exact) mass is 430 g/mol. The Labute approximate surface area is 175 Å². The molecule has 8 nitrogen and oxygen atoms in total. The van der Waals surface area contributed by atoms with Crippen molar-refractivity contribution >= 4 is 21.8 Å². The number of ether oxygens (including phenoxy) is 3. The maximum absolute atomic E-state index is 12.8.